The van der Waals surface area contributed by atoms with E-state index in [9.17, 15) is 19.4 Å². The quantitative estimate of drug-likeness (QED) is 0.0272. The van der Waals surface area contributed by atoms with Crippen molar-refractivity contribution in [2.75, 3.05) is 40.9 Å². The van der Waals surface area contributed by atoms with Crippen LogP contribution in [-0.2, 0) is 18.4 Å². The Morgan fingerprint density at radius 1 is 0.537 bits per heavy atom. The van der Waals surface area contributed by atoms with Gasteiger partial charge in [0.1, 0.15) is 13.2 Å². The van der Waals surface area contributed by atoms with Gasteiger partial charge in [0.15, 0.2) is 0 Å². The first-order valence-corrected chi connectivity index (χ1v) is 29.6. The number of allylic oxidation sites excluding steroid dienone is 9. The number of nitrogens with zero attached hydrogens (tertiary/aromatic N) is 1. The van der Waals surface area contributed by atoms with E-state index < -0.39 is 26.6 Å². The van der Waals surface area contributed by atoms with E-state index in [-0.39, 0.29) is 12.5 Å². The maximum Gasteiger partial charge on any atom is 0.268 e. The molecule has 9 heteroatoms. The molecule has 3 unspecified atom stereocenters. The number of hydrogen-bond donors (Lipinski definition) is 2. The fraction of sp³-hybridized carbons (Fsp3) is 0.810. The first-order chi connectivity index (χ1) is 32.5. The van der Waals surface area contributed by atoms with Crippen LogP contribution in [0.15, 0.2) is 60.8 Å². The molecule has 0 heterocycles. The first kappa shape index (κ1) is 65.2. The predicted octanol–water partition coefficient (Wildman–Crippen LogP) is 16.3. The molecule has 0 spiro atoms. The number of carbonyl (C=O) groups is 1. The molecule has 8 nitrogen and oxygen atoms in total. The third-order valence-electron chi connectivity index (χ3n) is 12.4. The Morgan fingerprint density at radius 3 is 1.36 bits per heavy atom. The van der Waals surface area contributed by atoms with Gasteiger partial charge in [0, 0.05) is 6.42 Å². The fourth-order valence-corrected chi connectivity index (χ4v) is 8.77. The summed E-state index contributed by atoms with van der Waals surface area (Å²) in [5.41, 5.74) is 0. The standard InChI is InChI=1S/C58H109N2O6P/c1-6-8-10-12-14-16-18-19-20-21-22-23-24-25-26-27-28-29-30-31-32-33-34-35-36-37-38-39-40-41-42-44-46-48-50-52-58(62)59-56(55-66-67(63,64)65-54-53-60(3,4)5)57(61)51-49-47-45-43-17-15-13-11-9-7-2/h9,11,17-19,21-22,43,49,51,56-57,61H,6-8,10,12-16,20,23-42,44-48,50,52-55H2,1-5H3,(H-,59,62,63,64)/b11-9+,19-18-,22-21-,43-17+,51-49+. The van der Waals surface area contributed by atoms with Crippen molar-refractivity contribution in [3.63, 3.8) is 0 Å². The van der Waals surface area contributed by atoms with Crippen molar-refractivity contribution in [2.24, 2.45) is 0 Å². The van der Waals surface area contributed by atoms with Crippen LogP contribution in [0.3, 0.4) is 0 Å². The first-order valence-electron chi connectivity index (χ1n) is 28.2. The van der Waals surface area contributed by atoms with Crippen LogP contribution in [0, 0.1) is 0 Å². The summed E-state index contributed by atoms with van der Waals surface area (Å²) in [6.07, 6.45) is 66.3. The lowest BCUT2D eigenvalue weighted by molar-refractivity contribution is -0.870. The lowest BCUT2D eigenvalue weighted by Gasteiger charge is -2.29. The van der Waals surface area contributed by atoms with Gasteiger partial charge >= 0.3 is 0 Å². The van der Waals surface area contributed by atoms with Crippen LogP contribution in [0.1, 0.15) is 251 Å². The monoisotopic (exact) mass is 961 g/mol. The highest BCUT2D eigenvalue weighted by atomic mass is 31.2. The number of hydrogen-bond acceptors (Lipinski definition) is 6. The number of carbonyl (C=O) groups excluding carboxylic acids is 1. The number of aliphatic hydroxyl groups is 1. The average molecular weight is 961 g/mol. The normalized spacial score (nSPS) is 14.4. The molecule has 1 amide bonds. The van der Waals surface area contributed by atoms with Crippen LogP contribution < -0.4 is 10.2 Å². The van der Waals surface area contributed by atoms with Crippen LogP contribution in [0.2, 0.25) is 0 Å². The maximum atomic E-state index is 12.9. The van der Waals surface area contributed by atoms with Gasteiger partial charge in [0.05, 0.1) is 39.9 Å². The van der Waals surface area contributed by atoms with Crippen LogP contribution >= 0.6 is 7.82 Å². The molecule has 0 rings (SSSR count). The van der Waals surface area contributed by atoms with E-state index >= 15 is 0 Å². The minimum Gasteiger partial charge on any atom is -0.756 e. The summed E-state index contributed by atoms with van der Waals surface area (Å²) >= 11 is 0. The molecule has 0 aromatic rings. The Bertz CT molecular complexity index is 1270. The highest BCUT2D eigenvalue weighted by Crippen LogP contribution is 2.38. The molecule has 3 atom stereocenters. The number of unbranched alkanes of at least 4 members (excludes halogenated alkanes) is 30. The Labute approximate surface area is 415 Å². The van der Waals surface area contributed by atoms with Gasteiger partial charge in [-0.3, -0.25) is 9.36 Å². The molecule has 0 aromatic carbocycles. The van der Waals surface area contributed by atoms with E-state index in [1.807, 2.05) is 27.2 Å². The van der Waals surface area contributed by atoms with E-state index in [1.54, 1.807) is 6.08 Å². The molecule has 67 heavy (non-hydrogen) atoms. The molecule has 0 bridgehead atoms. The zero-order valence-corrected chi connectivity index (χ0v) is 45.5. The zero-order chi connectivity index (χ0) is 49.2. The van der Waals surface area contributed by atoms with Crippen molar-refractivity contribution in [2.45, 2.75) is 264 Å². The minimum atomic E-state index is -4.60. The van der Waals surface area contributed by atoms with Gasteiger partial charge < -0.3 is 28.8 Å². The van der Waals surface area contributed by atoms with Crippen molar-refractivity contribution < 1.29 is 32.9 Å². The summed E-state index contributed by atoms with van der Waals surface area (Å²) in [7, 11) is 1.23. The van der Waals surface area contributed by atoms with E-state index in [0.717, 1.165) is 57.8 Å². The van der Waals surface area contributed by atoms with Crippen molar-refractivity contribution in [3.8, 4) is 0 Å². The molecule has 0 aliphatic rings. The Balaban J connectivity index is 3.91. The van der Waals surface area contributed by atoms with Gasteiger partial charge in [0.25, 0.3) is 7.82 Å². The second-order valence-electron chi connectivity index (χ2n) is 20.2. The number of likely N-dealkylation sites (N-methyl/N-ethyl adjacent to an activating group) is 1. The van der Waals surface area contributed by atoms with E-state index in [2.05, 4.69) is 67.8 Å². The van der Waals surface area contributed by atoms with Gasteiger partial charge in [-0.1, -0.05) is 235 Å². The molecule has 392 valence electrons. The van der Waals surface area contributed by atoms with Gasteiger partial charge in [-0.05, 0) is 70.6 Å². The highest BCUT2D eigenvalue weighted by Gasteiger charge is 2.23. The third-order valence-corrected chi connectivity index (χ3v) is 13.4. The van der Waals surface area contributed by atoms with Crippen LogP contribution in [0.25, 0.3) is 0 Å². The summed E-state index contributed by atoms with van der Waals surface area (Å²) < 4.78 is 23.2. The number of rotatable bonds is 51. The van der Waals surface area contributed by atoms with E-state index in [0.29, 0.717) is 17.4 Å². The number of quaternary nitrogens is 1. The molecule has 0 fully saturated rings. The molecular weight excluding hydrogens is 852 g/mol. The summed E-state index contributed by atoms with van der Waals surface area (Å²) in [5, 5.41) is 13.7. The summed E-state index contributed by atoms with van der Waals surface area (Å²) in [6, 6.07) is -0.908. The maximum absolute atomic E-state index is 12.9. The minimum absolute atomic E-state index is 0.00957. The molecular formula is C58H109N2O6P. The predicted molar refractivity (Wildman–Crippen MR) is 288 cm³/mol. The highest BCUT2D eigenvalue weighted by molar-refractivity contribution is 7.45. The van der Waals surface area contributed by atoms with E-state index in [1.165, 1.54) is 173 Å². The second kappa shape index (κ2) is 49.2. The SMILES string of the molecule is CC/C=C/CC/C=C/CC/C=C/C(O)C(COP(=O)([O-])OCC[N+](C)(C)C)NC(=O)CCCCCCCCCCCCCCCCCCCCCCCCC/C=C\C/C=C\CCCCCCC. The lowest BCUT2D eigenvalue weighted by atomic mass is 10.0. The molecule has 2 N–H and O–H groups in total. The largest absolute Gasteiger partial charge is 0.756 e. The lowest BCUT2D eigenvalue weighted by Crippen LogP contribution is -2.45. The van der Waals surface area contributed by atoms with Gasteiger partial charge in [0.2, 0.25) is 5.91 Å². The van der Waals surface area contributed by atoms with Gasteiger partial charge in [-0.25, -0.2) is 0 Å². The van der Waals surface area contributed by atoms with Crippen LogP contribution in [0.4, 0.5) is 0 Å². The van der Waals surface area contributed by atoms with E-state index in [4.69, 9.17) is 9.05 Å². The molecule has 0 saturated heterocycles. The summed E-state index contributed by atoms with van der Waals surface area (Å²) in [6.45, 7) is 4.49. The van der Waals surface area contributed by atoms with Gasteiger partial charge in [-0.15, -0.1) is 0 Å². The topological polar surface area (TPSA) is 108 Å². The Hall–Kier alpha value is -1.80. The van der Waals surface area contributed by atoms with Crippen LogP contribution in [-0.4, -0.2) is 68.5 Å². The molecule has 0 aromatic heterocycles. The zero-order valence-electron chi connectivity index (χ0n) is 44.6. The van der Waals surface area contributed by atoms with Crippen molar-refractivity contribution >= 4 is 13.7 Å². The number of phosphoric ester groups is 1. The molecule has 0 aliphatic heterocycles. The molecule has 0 aliphatic carbocycles. The second-order valence-corrected chi connectivity index (χ2v) is 21.7. The number of phosphoric acid groups is 1. The average Bonchev–Trinajstić information content (AvgIpc) is 3.29. The number of aliphatic hydroxyl groups excluding tert-OH is 1. The summed E-state index contributed by atoms with van der Waals surface area (Å²) in [4.78, 5) is 25.3. The van der Waals surface area contributed by atoms with Crippen molar-refractivity contribution in [1.29, 1.82) is 0 Å². The number of nitrogens with one attached hydrogen (secondary N) is 1. The van der Waals surface area contributed by atoms with Gasteiger partial charge in [-0.2, -0.15) is 0 Å². The number of amides is 1. The fourth-order valence-electron chi connectivity index (χ4n) is 8.05. The summed E-state index contributed by atoms with van der Waals surface area (Å²) in [5.74, 6) is -0.212. The molecule has 0 saturated carbocycles. The van der Waals surface area contributed by atoms with Crippen LogP contribution in [0.5, 0.6) is 0 Å². The Morgan fingerprint density at radius 2 is 0.925 bits per heavy atom. The van der Waals surface area contributed by atoms with Crippen molar-refractivity contribution in [3.05, 3.63) is 60.8 Å². The third kappa shape index (κ3) is 51.9. The Kier molecular flexibility index (Phi) is 47.9. The smallest absolute Gasteiger partial charge is 0.268 e. The molecule has 0 radical (unpaired) electrons. The van der Waals surface area contributed by atoms with Crippen molar-refractivity contribution in [1.82, 2.24) is 5.32 Å².